The van der Waals surface area contributed by atoms with Gasteiger partial charge >= 0.3 is 0 Å². The van der Waals surface area contributed by atoms with E-state index in [0.717, 1.165) is 51.7 Å². The lowest BCUT2D eigenvalue weighted by Crippen LogP contribution is -2.57. The van der Waals surface area contributed by atoms with Gasteiger partial charge in [-0.1, -0.05) is 161 Å². The summed E-state index contributed by atoms with van der Waals surface area (Å²) in [6, 6.07) is 20.7. The summed E-state index contributed by atoms with van der Waals surface area (Å²) in [5, 5.41) is 0. The molecule has 0 radical (unpaired) electrons. The van der Waals surface area contributed by atoms with Gasteiger partial charge in [-0.3, -0.25) is 4.79 Å². The van der Waals surface area contributed by atoms with E-state index in [0.29, 0.717) is 19.6 Å². The normalized spacial score (nSPS) is 15.6. The topological polar surface area (TPSA) is 35.5 Å². The predicted molar refractivity (Wildman–Crippen MR) is 173 cm³/mol. The van der Waals surface area contributed by atoms with Crippen LogP contribution < -0.4 is 0 Å². The highest BCUT2D eigenvalue weighted by Crippen LogP contribution is 2.60. The fourth-order valence-corrected chi connectivity index (χ4v) is 6.61. The fourth-order valence-electron chi connectivity index (χ4n) is 5.97. The number of carbonyl (C=O) groups is 1. The molecule has 0 aliphatic heterocycles. The molecule has 3 nitrogen and oxygen atoms in total. The van der Waals surface area contributed by atoms with Crippen molar-refractivity contribution >= 4 is 29.0 Å². The molecule has 0 N–H and O–H groups in total. The molecule has 1 saturated carbocycles. The minimum Gasteiger partial charge on any atom is -0.377 e. The molecule has 1 aliphatic rings. The zero-order valence-corrected chi connectivity index (χ0v) is 26.6. The summed E-state index contributed by atoms with van der Waals surface area (Å²) in [6.07, 6.45) is 19.3. The first-order chi connectivity index (χ1) is 20.0. The van der Waals surface area contributed by atoms with Gasteiger partial charge in [0.2, 0.25) is 0 Å². The van der Waals surface area contributed by atoms with Gasteiger partial charge in [-0.05, 0) is 36.8 Å². The first-order valence-electron chi connectivity index (χ1n) is 16.2. The molecule has 1 aliphatic carbocycles. The molecule has 0 bridgehead atoms. The average molecular weight is 604 g/mol. The van der Waals surface area contributed by atoms with Crippen LogP contribution in [0.4, 0.5) is 0 Å². The lowest BCUT2D eigenvalue weighted by atomic mass is 9.61. The van der Waals surface area contributed by atoms with E-state index in [1.807, 2.05) is 12.1 Å². The van der Waals surface area contributed by atoms with Crippen molar-refractivity contribution in [1.29, 1.82) is 0 Å². The van der Waals surface area contributed by atoms with E-state index in [9.17, 15) is 4.79 Å². The minimum atomic E-state index is -1.17. The zero-order valence-electron chi connectivity index (χ0n) is 25.1. The van der Waals surface area contributed by atoms with E-state index in [1.54, 1.807) is 0 Å². The second kappa shape index (κ2) is 19.7. The van der Waals surface area contributed by atoms with Crippen molar-refractivity contribution < 1.29 is 14.3 Å². The Labute approximate surface area is 259 Å². The molecule has 0 atom stereocenters. The summed E-state index contributed by atoms with van der Waals surface area (Å²) >= 11 is 13.2. The summed E-state index contributed by atoms with van der Waals surface area (Å²) in [7, 11) is 0. The SMILES string of the molecule is O=C1CC(CCCCCCCCCOCc2ccccc2)(CCCCCCCCCOCc2ccccc2)C1(Cl)Cl. The number of hydrogen-bond acceptors (Lipinski definition) is 3. The van der Waals surface area contributed by atoms with E-state index in [2.05, 4.69) is 48.5 Å². The molecule has 0 aromatic heterocycles. The van der Waals surface area contributed by atoms with Crippen molar-refractivity contribution in [3.63, 3.8) is 0 Å². The molecule has 228 valence electrons. The molecule has 2 aromatic carbocycles. The van der Waals surface area contributed by atoms with Crippen LogP contribution in [-0.4, -0.2) is 23.3 Å². The van der Waals surface area contributed by atoms with Crippen LogP contribution in [0.15, 0.2) is 60.7 Å². The Morgan fingerprint density at radius 3 is 1.27 bits per heavy atom. The first kappa shape index (κ1) is 34.1. The molecule has 1 fully saturated rings. The number of carbonyl (C=O) groups excluding carboxylic acids is 1. The van der Waals surface area contributed by atoms with Crippen LogP contribution >= 0.6 is 23.2 Å². The molecule has 0 saturated heterocycles. The molecule has 0 amide bonds. The second-order valence-corrected chi connectivity index (χ2v) is 13.3. The monoisotopic (exact) mass is 602 g/mol. The van der Waals surface area contributed by atoms with Crippen molar-refractivity contribution in [3.05, 3.63) is 71.8 Å². The summed E-state index contributed by atoms with van der Waals surface area (Å²) in [5.41, 5.74) is 2.27. The molecular weight excluding hydrogens is 551 g/mol. The van der Waals surface area contributed by atoms with E-state index in [1.165, 1.54) is 75.3 Å². The van der Waals surface area contributed by atoms with Gasteiger partial charge in [0.05, 0.1) is 13.2 Å². The van der Waals surface area contributed by atoms with E-state index < -0.39 is 4.33 Å². The van der Waals surface area contributed by atoms with Crippen LogP contribution in [0.1, 0.15) is 120 Å². The summed E-state index contributed by atoms with van der Waals surface area (Å²) in [6.45, 7) is 3.09. The van der Waals surface area contributed by atoms with Gasteiger partial charge in [-0.2, -0.15) is 0 Å². The lowest BCUT2D eigenvalue weighted by Gasteiger charge is -2.51. The maximum Gasteiger partial charge on any atom is 0.181 e. The van der Waals surface area contributed by atoms with Gasteiger partial charge in [-0.15, -0.1) is 0 Å². The number of halogens is 2. The summed E-state index contributed by atoms with van der Waals surface area (Å²) < 4.78 is 10.4. The zero-order chi connectivity index (χ0) is 29.1. The highest BCUT2D eigenvalue weighted by Gasteiger charge is 2.63. The Bertz CT molecular complexity index is 886. The van der Waals surface area contributed by atoms with Crippen LogP contribution in [0.2, 0.25) is 0 Å². The number of benzene rings is 2. The van der Waals surface area contributed by atoms with Gasteiger partial charge in [0.1, 0.15) is 0 Å². The van der Waals surface area contributed by atoms with Crippen LogP contribution in [0, 0.1) is 5.41 Å². The number of alkyl halides is 2. The molecule has 41 heavy (non-hydrogen) atoms. The molecule has 0 spiro atoms. The van der Waals surface area contributed by atoms with Gasteiger partial charge in [0.25, 0.3) is 0 Å². The highest BCUT2D eigenvalue weighted by molar-refractivity contribution is 6.61. The van der Waals surface area contributed by atoms with Crippen LogP contribution in [0.3, 0.4) is 0 Å². The van der Waals surface area contributed by atoms with Gasteiger partial charge in [-0.25, -0.2) is 0 Å². The quantitative estimate of drug-likeness (QED) is 0.0885. The molecule has 0 unspecified atom stereocenters. The predicted octanol–water partition coefficient (Wildman–Crippen LogP) is 10.8. The Hall–Kier alpha value is -1.39. The Morgan fingerprint density at radius 2 is 0.902 bits per heavy atom. The third kappa shape index (κ3) is 12.4. The molecular formula is C36H52Cl2O3. The van der Waals surface area contributed by atoms with Gasteiger partial charge in [0.15, 0.2) is 10.1 Å². The molecule has 5 heteroatoms. The van der Waals surface area contributed by atoms with Gasteiger partial charge in [0, 0.05) is 25.0 Å². The Morgan fingerprint density at radius 1 is 0.537 bits per heavy atom. The van der Waals surface area contributed by atoms with Crippen molar-refractivity contribution in [2.45, 2.75) is 127 Å². The maximum atomic E-state index is 12.2. The van der Waals surface area contributed by atoms with Crippen LogP contribution in [0.25, 0.3) is 0 Å². The Balaban J connectivity index is 1.15. The van der Waals surface area contributed by atoms with Crippen molar-refractivity contribution in [2.24, 2.45) is 5.41 Å². The largest absolute Gasteiger partial charge is 0.377 e. The number of ketones is 1. The smallest absolute Gasteiger partial charge is 0.181 e. The Kier molecular flexibility index (Phi) is 16.4. The first-order valence-corrected chi connectivity index (χ1v) is 16.9. The van der Waals surface area contributed by atoms with Crippen LogP contribution in [0.5, 0.6) is 0 Å². The molecule has 0 heterocycles. The standard InChI is InChI=1S/C36H52Cl2O3/c37-36(38)34(39)29-35(36,25-17-7-3-1-5-9-19-27-40-30-32-21-13-11-14-22-32)26-18-8-4-2-6-10-20-28-41-31-33-23-15-12-16-24-33/h11-16,21-24H,1-10,17-20,25-31H2. The summed E-state index contributed by atoms with van der Waals surface area (Å²) in [4.78, 5) is 12.2. The fraction of sp³-hybridized carbons (Fsp3) is 0.639. The van der Waals surface area contributed by atoms with Crippen molar-refractivity contribution in [3.8, 4) is 0 Å². The van der Waals surface area contributed by atoms with Gasteiger partial charge < -0.3 is 9.47 Å². The third-order valence-corrected chi connectivity index (χ3v) is 9.85. The summed E-state index contributed by atoms with van der Waals surface area (Å²) in [5.74, 6) is 0.0183. The minimum absolute atomic E-state index is 0.0183. The second-order valence-electron chi connectivity index (χ2n) is 12.0. The van der Waals surface area contributed by atoms with Crippen molar-refractivity contribution in [2.75, 3.05) is 13.2 Å². The highest BCUT2D eigenvalue weighted by atomic mass is 35.5. The number of ether oxygens (including phenoxy) is 2. The van der Waals surface area contributed by atoms with Crippen molar-refractivity contribution in [1.82, 2.24) is 0 Å². The number of unbranched alkanes of at least 4 members (excludes halogenated alkanes) is 12. The maximum absolute atomic E-state index is 12.2. The lowest BCUT2D eigenvalue weighted by molar-refractivity contribution is -0.135. The van der Waals surface area contributed by atoms with E-state index >= 15 is 0 Å². The molecule has 3 rings (SSSR count). The molecule has 2 aromatic rings. The number of rotatable bonds is 24. The number of Topliss-reactive ketones (excluding diaryl/α,β-unsaturated/α-hetero) is 1. The van der Waals surface area contributed by atoms with E-state index in [-0.39, 0.29) is 11.2 Å². The van der Waals surface area contributed by atoms with Crippen LogP contribution in [-0.2, 0) is 27.5 Å². The third-order valence-electron chi connectivity index (χ3n) is 8.63. The average Bonchev–Trinajstić information content (AvgIpc) is 2.99. The number of hydrogen-bond donors (Lipinski definition) is 0. The van der Waals surface area contributed by atoms with E-state index in [4.69, 9.17) is 32.7 Å².